The zero-order valence-corrected chi connectivity index (χ0v) is 12.3. The lowest BCUT2D eigenvalue weighted by molar-refractivity contribution is -0.133. The van der Waals surface area contributed by atoms with Gasteiger partial charge in [0.2, 0.25) is 5.91 Å². The first kappa shape index (κ1) is 15.0. The number of carbonyl (C=O) groups is 1. The number of aromatic nitrogens is 3. The summed E-state index contributed by atoms with van der Waals surface area (Å²) in [6, 6.07) is 0.360. The molecule has 6 nitrogen and oxygen atoms in total. The number of hydrogen-bond donors (Lipinski definition) is 1. The largest absolute Gasteiger partial charge is 0.396 e. The molecule has 112 valence electrons. The van der Waals surface area contributed by atoms with E-state index in [4.69, 9.17) is 5.11 Å². The second kappa shape index (κ2) is 6.83. The van der Waals surface area contributed by atoms with Gasteiger partial charge in [-0.25, -0.2) is 4.68 Å². The molecule has 1 aromatic rings. The molecule has 1 saturated carbocycles. The van der Waals surface area contributed by atoms with Gasteiger partial charge in [0, 0.05) is 32.3 Å². The topological polar surface area (TPSA) is 71.2 Å². The minimum Gasteiger partial charge on any atom is -0.396 e. The molecule has 0 unspecified atom stereocenters. The summed E-state index contributed by atoms with van der Waals surface area (Å²) in [6.45, 7) is 2.55. The number of carbonyl (C=O) groups excluding carboxylic acids is 1. The molecule has 1 fully saturated rings. The Kier molecular flexibility index (Phi) is 5.11. The Balaban J connectivity index is 1.86. The monoisotopic (exact) mass is 280 g/mol. The summed E-state index contributed by atoms with van der Waals surface area (Å²) in [5.74, 6) is 0.858. The molecule has 0 aliphatic heterocycles. The van der Waals surface area contributed by atoms with E-state index in [1.807, 2.05) is 11.9 Å². The van der Waals surface area contributed by atoms with Gasteiger partial charge in [0.05, 0.1) is 5.69 Å². The molecule has 0 atom stereocenters. The second-order valence-electron chi connectivity index (χ2n) is 5.80. The molecule has 0 bridgehead atoms. The first-order chi connectivity index (χ1) is 9.60. The van der Waals surface area contributed by atoms with Crippen molar-refractivity contribution in [3.63, 3.8) is 0 Å². The van der Waals surface area contributed by atoms with Crippen LogP contribution in [-0.2, 0) is 17.8 Å². The molecule has 1 aliphatic rings. The fourth-order valence-electron chi connectivity index (χ4n) is 2.73. The maximum absolute atomic E-state index is 12.2. The lowest BCUT2D eigenvalue weighted by Crippen LogP contribution is -2.41. The highest BCUT2D eigenvalue weighted by Crippen LogP contribution is 2.26. The fourth-order valence-corrected chi connectivity index (χ4v) is 2.73. The summed E-state index contributed by atoms with van der Waals surface area (Å²) >= 11 is 0. The van der Waals surface area contributed by atoms with Crippen LogP contribution >= 0.6 is 0 Å². The van der Waals surface area contributed by atoms with Gasteiger partial charge in [-0.1, -0.05) is 12.1 Å². The van der Waals surface area contributed by atoms with Crippen LogP contribution < -0.4 is 0 Å². The Morgan fingerprint density at radius 2 is 2.15 bits per heavy atom. The maximum atomic E-state index is 12.2. The average Bonchev–Trinajstić information content (AvgIpc) is 2.86. The lowest BCUT2D eigenvalue weighted by Gasteiger charge is -2.33. The van der Waals surface area contributed by atoms with Gasteiger partial charge in [-0.05, 0) is 31.6 Å². The van der Waals surface area contributed by atoms with Crippen molar-refractivity contribution in [2.75, 3.05) is 13.7 Å². The average molecular weight is 280 g/mol. The zero-order valence-electron chi connectivity index (χ0n) is 12.3. The highest BCUT2D eigenvalue weighted by molar-refractivity contribution is 5.75. The third-order valence-corrected chi connectivity index (χ3v) is 4.18. The van der Waals surface area contributed by atoms with E-state index in [2.05, 4.69) is 17.2 Å². The van der Waals surface area contributed by atoms with E-state index in [1.165, 1.54) is 12.8 Å². The van der Waals surface area contributed by atoms with Crippen LogP contribution in [0.3, 0.4) is 0 Å². The summed E-state index contributed by atoms with van der Waals surface area (Å²) in [4.78, 5) is 14.1. The minimum atomic E-state index is 0.0484. The Morgan fingerprint density at radius 1 is 1.45 bits per heavy atom. The number of rotatable bonds is 5. The van der Waals surface area contributed by atoms with Crippen LogP contribution in [0.1, 0.15) is 38.3 Å². The van der Waals surface area contributed by atoms with Gasteiger partial charge in [0.25, 0.3) is 0 Å². The van der Waals surface area contributed by atoms with Crippen molar-refractivity contribution in [3.8, 4) is 0 Å². The Hall–Kier alpha value is -1.43. The standard InChI is InChI=1S/C14H24N4O2/c1-11-3-5-13(6-4-11)17(2)14(20)10-18-9-12(7-8-19)15-16-18/h9,11,13,19H,3-8,10H2,1-2H3. The highest BCUT2D eigenvalue weighted by Gasteiger charge is 2.24. The summed E-state index contributed by atoms with van der Waals surface area (Å²) in [7, 11) is 1.88. The number of nitrogens with zero attached hydrogens (tertiary/aromatic N) is 4. The highest BCUT2D eigenvalue weighted by atomic mass is 16.3. The predicted molar refractivity (Wildman–Crippen MR) is 75.0 cm³/mol. The molecule has 6 heteroatoms. The van der Waals surface area contributed by atoms with E-state index in [0.29, 0.717) is 12.5 Å². The quantitative estimate of drug-likeness (QED) is 0.868. The molecule has 0 radical (unpaired) electrons. The molecular formula is C14H24N4O2. The number of aliphatic hydroxyl groups excluding tert-OH is 1. The fraction of sp³-hybridized carbons (Fsp3) is 0.786. The van der Waals surface area contributed by atoms with Crippen LogP contribution in [-0.4, -0.2) is 50.6 Å². The van der Waals surface area contributed by atoms with Crippen molar-refractivity contribution >= 4 is 5.91 Å². The van der Waals surface area contributed by atoms with Gasteiger partial charge >= 0.3 is 0 Å². The SMILES string of the molecule is CC1CCC(N(C)C(=O)Cn2cc(CCO)nn2)CC1. The number of amides is 1. The Bertz CT molecular complexity index is 438. The van der Waals surface area contributed by atoms with Gasteiger partial charge in [-0.15, -0.1) is 5.10 Å². The molecule has 1 amide bonds. The predicted octanol–water partition coefficient (Wildman–Crippen LogP) is 0.850. The number of likely N-dealkylation sites (N-methyl/N-ethyl adjacent to an activating group) is 1. The zero-order chi connectivity index (χ0) is 14.5. The minimum absolute atomic E-state index is 0.0484. The lowest BCUT2D eigenvalue weighted by atomic mass is 9.87. The van der Waals surface area contributed by atoms with E-state index < -0.39 is 0 Å². The van der Waals surface area contributed by atoms with Gasteiger partial charge < -0.3 is 10.0 Å². The van der Waals surface area contributed by atoms with E-state index in [0.717, 1.165) is 24.5 Å². The van der Waals surface area contributed by atoms with Crippen molar-refractivity contribution in [1.82, 2.24) is 19.9 Å². The van der Waals surface area contributed by atoms with Gasteiger partial charge in [-0.3, -0.25) is 4.79 Å². The summed E-state index contributed by atoms with van der Waals surface area (Å²) in [5, 5.41) is 16.7. The van der Waals surface area contributed by atoms with Crippen molar-refractivity contribution in [2.45, 2.75) is 51.6 Å². The van der Waals surface area contributed by atoms with Crippen LogP contribution in [0, 0.1) is 5.92 Å². The van der Waals surface area contributed by atoms with Crippen molar-refractivity contribution in [1.29, 1.82) is 0 Å². The summed E-state index contributed by atoms with van der Waals surface area (Å²) in [6.07, 6.45) is 6.79. The Morgan fingerprint density at radius 3 is 2.80 bits per heavy atom. The van der Waals surface area contributed by atoms with E-state index in [-0.39, 0.29) is 19.1 Å². The van der Waals surface area contributed by atoms with Crippen LogP contribution in [0.25, 0.3) is 0 Å². The van der Waals surface area contributed by atoms with Crippen molar-refractivity contribution < 1.29 is 9.90 Å². The molecular weight excluding hydrogens is 256 g/mol. The molecule has 1 N–H and O–H groups in total. The van der Waals surface area contributed by atoms with Gasteiger partial charge in [0.1, 0.15) is 6.54 Å². The van der Waals surface area contributed by atoms with Crippen LogP contribution in [0.15, 0.2) is 6.20 Å². The third kappa shape index (κ3) is 3.79. The molecule has 1 heterocycles. The molecule has 20 heavy (non-hydrogen) atoms. The summed E-state index contributed by atoms with van der Waals surface area (Å²) < 4.78 is 1.55. The molecule has 1 aliphatic carbocycles. The normalized spacial score (nSPS) is 22.8. The van der Waals surface area contributed by atoms with Crippen LogP contribution in [0.4, 0.5) is 0 Å². The second-order valence-corrected chi connectivity index (χ2v) is 5.80. The maximum Gasteiger partial charge on any atom is 0.244 e. The van der Waals surface area contributed by atoms with Crippen molar-refractivity contribution in [3.05, 3.63) is 11.9 Å². The van der Waals surface area contributed by atoms with Crippen molar-refractivity contribution in [2.24, 2.45) is 5.92 Å². The number of hydrogen-bond acceptors (Lipinski definition) is 4. The summed E-state index contributed by atoms with van der Waals surface area (Å²) in [5.41, 5.74) is 0.717. The van der Waals surface area contributed by atoms with E-state index >= 15 is 0 Å². The molecule has 0 saturated heterocycles. The smallest absolute Gasteiger partial charge is 0.244 e. The molecule has 2 rings (SSSR count). The van der Waals surface area contributed by atoms with E-state index in [1.54, 1.807) is 10.9 Å². The molecule has 1 aromatic heterocycles. The Labute approximate surface area is 119 Å². The first-order valence-corrected chi connectivity index (χ1v) is 7.35. The number of aliphatic hydroxyl groups is 1. The van der Waals surface area contributed by atoms with Gasteiger partial charge in [0.15, 0.2) is 0 Å². The third-order valence-electron chi connectivity index (χ3n) is 4.18. The van der Waals surface area contributed by atoms with E-state index in [9.17, 15) is 4.79 Å². The van der Waals surface area contributed by atoms with Crippen LogP contribution in [0.2, 0.25) is 0 Å². The molecule has 0 aromatic carbocycles. The molecule has 0 spiro atoms. The van der Waals surface area contributed by atoms with Crippen LogP contribution in [0.5, 0.6) is 0 Å². The first-order valence-electron chi connectivity index (χ1n) is 7.35. The van der Waals surface area contributed by atoms with Gasteiger partial charge in [-0.2, -0.15) is 0 Å².